The highest BCUT2D eigenvalue weighted by atomic mass is 32.2. The number of piperidine rings is 1. The van der Waals surface area contributed by atoms with Gasteiger partial charge in [0.25, 0.3) is 5.91 Å². The van der Waals surface area contributed by atoms with Gasteiger partial charge in [-0.15, -0.1) is 0 Å². The van der Waals surface area contributed by atoms with Crippen molar-refractivity contribution in [3.63, 3.8) is 0 Å². The Morgan fingerprint density at radius 1 is 1.00 bits per heavy atom. The summed E-state index contributed by atoms with van der Waals surface area (Å²) in [4.78, 5) is 25.8. The Kier molecular flexibility index (Phi) is 6.73. The summed E-state index contributed by atoms with van der Waals surface area (Å²) in [7, 11) is -3.16. The average Bonchev–Trinajstić information content (AvgIpc) is 2.73. The first-order valence-electron chi connectivity index (χ1n) is 10.1. The number of nitrogens with one attached hydrogen (secondary N) is 1. The number of hydrogen-bond acceptors (Lipinski definition) is 4. The average molecular weight is 429 g/mol. The lowest BCUT2D eigenvalue weighted by Crippen LogP contribution is -2.41. The fourth-order valence-corrected chi connectivity index (χ4v) is 4.57. The van der Waals surface area contributed by atoms with E-state index in [1.807, 2.05) is 26.0 Å². The number of amides is 1. The van der Waals surface area contributed by atoms with Crippen LogP contribution in [0.2, 0.25) is 0 Å². The highest BCUT2D eigenvalue weighted by Crippen LogP contribution is 2.20. The molecule has 0 atom stereocenters. The molecular formula is C23H28N2O4S. The fraction of sp³-hybridized carbons (Fsp3) is 0.391. The van der Waals surface area contributed by atoms with Crippen LogP contribution in [-0.2, 0) is 10.0 Å². The molecule has 1 N–H and O–H groups in total. The van der Waals surface area contributed by atoms with E-state index < -0.39 is 10.0 Å². The van der Waals surface area contributed by atoms with Crippen molar-refractivity contribution in [2.75, 3.05) is 25.9 Å². The number of sulfonamides is 1. The smallest absolute Gasteiger partial charge is 0.252 e. The molecule has 0 bridgehead atoms. The van der Waals surface area contributed by atoms with Gasteiger partial charge < -0.3 is 5.32 Å². The summed E-state index contributed by atoms with van der Waals surface area (Å²) in [5.41, 5.74) is 3.44. The number of carbonyl (C=O) groups is 2. The molecule has 0 radical (unpaired) electrons. The molecule has 1 fully saturated rings. The normalized spacial score (nSPS) is 15.7. The summed E-state index contributed by atoms with van der Waals surface area (Å²) in [5, 5.41) is 2.93. The van der Waals surface area contributed by atoms with Crippen LogP contribution in [0, 0.1) is 19.8 Å². The van der Waals surface area contributed by atoms with Gasteiger partial charge in [0.1, 0.15) is 0 Å². The van der Waals surface area contributed by atoms with E-state index in [4.69, 9.17) is 0 Å². The van der Waals surface area contributed by atoms with Crippen molar-refractivity contribution < 1.29 is 18.0 Å². The summed E-state index contributed by atoms with van der Waals surface area (Å²) in [6, 6.07) is 12.4. The largest absolute Gasteiger partial charge is 0.352 e. The lowest BCUT2D eigenvalue weighted by atomic mass is 9.95. The predicted octanol–water partition coefficient (Wildman–Crippen LogP) is 2.94. The molecule has 0 saturated carbocycles. The maximum atomic E-state index is 13.0. The van der Waals surface area contributed by atoms with Gasteiger partial charge in [0.15, 0.2) is 5.78 Å². The Labute approximate surface area is 178 Å². The minimum Gasteiger partial charge on any atom is -0.352 e. The maximum Gasteiger partial charge on any atom is 0.252 e. The topological polar surface area (TPSA) is 83.6 Å². The van der Waals surface area contributed by atoms with Crippen molar-refractivity contribution in [1.29, 1.82) is 0 Å². The Bertz CT molecular complexity index is 1050. The lowest BCUT2D eigenvalue weighted by Gasteiger charge is -2.30. The Morgan fingerprint density at radius 2 is 1.63 bits per heavy atom. The number of hydrogen-bond donors (Lipinski definition) is 1. The predicted molar refractivity (Wildman–Crippen MR) is 117 cm³/mol. The van der Waals surface area contributed by atoms with E-state index in [1.54, 1.807) is 30.3 Å². The zero-order valence-electron chi connectivity index (χ0n) is 17.6. The van der Waals surface area contributed by atoms with Gasteiger partial charge in [-0.25, -0.2) is 12.7 Å². The molecule has 2 aromatic carbocycles. The fourth-order valence-electron chi connectivity index (χ4n) is 3.69. The molecule has 1 heterocycles. The van der Waals surface area contributed by atoms with E-state index in [-0.39, 0.29) is 17.6 Å². The van der Waals surface area contributed by atoms with Crippen LogP contribution in [0.15, 0.2) is 42.5 Å². The quantitative estimate of drug-likeness (QED) is 0.717. The van der Waals surface area contributed by atoms with Gasteiger partial charge in [0.05, 0.1) is 11.8 Å². The second-order valence-corrected chi connectivity index (χ2v) is 9.97. The van der Waals surface area contributed by atoms with E-state index >= 15 is 0 Å². The first-order valence-corrected chi connectivity index (χ1v) is 12.0. The molecular weight excluding hydrogens is 400 g/mol. The van der Waals surface area contributed by atoms with Crippen LogP contribution in [0.1, 0.15) is 50.2 Å². The monoisotopic (exact) mass is 428 g/mol. The van der Waals surface area contributed by atoms with E-state index in [0.29, 0.717) is 49.2 Å². The molecule has 7 heteroatoms. The lowest BCUT2D eigenvalue weighted by molar-refractivity contribution is 0.0931. The molecule has 1 aliphatic rings. The second kappa shape index (κ2) is 9.10. The third kappa shape index (κ3) is 5.15. The van der Waals surface area contributed by atoms with E-state index in [2.05, 4.69) is 5.32 Å². The Hall–Kier alpha value is -2.51. The second-order valence-electron chi connectivity index (χ2n) is 7.99. The van der Waals surface area contributed by atoms with Crippen molar-refractivity contribution in [2.24, 2.45) is 5.92 Å². The van der Waals surface area contributed by atoms with Crippen molar-refractivity contribution in [2.45, 2.75) is 26.7 Å². The molecule has 0 aliphatic carbocycles. The molecule has 30 heavy (non-hydrogen) atoms. The summed E-state index contributed by atoms with van der Waals surface area (Å²) < 4.78 is 24.7. The van der Waals surface area contributed by atoms with Gasteiger partial charge in [0.2, 0.25) is 10.0 Å². The third-order valence-corrected chi connectivity index (χ3v) is 7.08. The summed E-state index contributed by atoms with van der Waals surface area (Å²) in [6.07, 6.45) is 2.63. The van der Waals surface area contributed by atoms with Crippen LogP contribution in [0.3, 0.4) is 0 Å². The van der Waals surface area contributed by atoms with Crippen molar-refractivity contribution >= 4 is 21.7 Å². The van der Waals surface area contributed by atoms with Gasteiger partial charge in [-0.05, 0) is 55.9 Å². The molecule has 0 aromatic heterocycles. The molecule has 3 rings (SSSR count). The Balaban J connectivity index is 1.67. The number of ketones is 1. The molecule has 0 unspecified atom stereocenters. The van der Waals surface area contributed by atoms with Crippen LogP contribution in [0.4, 0.5) is 0 Å². The molecule has 2 aromatic rings. The van der Waals surface area contributed by atoms with Crippen LogP contribution in [0.5, 0.6) is 0 Å². The van der Waals surface area contributed by atoms with Gasteiger partial charge in [0, 0.05) is 30.8 Å². The van der Waals surface area contributed by atoms with Crippen LogP contribution in [-0.4, -0.2) is 50.3 Å². The van der Waals surface area contributed by atoms with Gasteiger partial charge in [-0.1, -0.05) is 30.3 Å². The van der Waals surface area contributed by atoms with Crippen LogP contribution < -0.4 is 5.32 Å². The van der Waals surface area contributed by atoms with Gasteiger partial charge >= 0.3 is 0 Å². The SMILES string of the molecule is Cc1ccc(C(=O)c2ccccc2C(=O)NCC2CCN(S(C)(=O)=O)CC2)cc1C. The molecule has 1 amide bonds. The Morgan fingerprint density at radius 3 is 2.23 bits per heavy atom. The summed E-state index contributed by atoms with van der Waals surface area (Å²) in [6.45, 7) is 5.36. The molecule has 160 valence electrons. The summed E-state index contributed by atoms with van der Waals surface area (Å²) in [5.74, 6) is -0.242. The third-order valence-electron chi connectivity index (χ3n) is 5.78. The zero-order valence-corrected chi connectivity index (χ0v) is 18.5. The number of benzene rings is 2. The first-order chi connectivity index (χ1) is 14.2. The van der Waals surface area contributed by atoms with Crippen LogP contribution >= 0.6 is 0 Å². The van der Waals surface area contributed by atoms with E-state index in [1.165, 1.54) is 10.6 Å². The molecule has 1 aliphatic heterocycles. The minimum absolute atomic E-state index is 0.176. The van der Waals surface area contributed by atoms with Gasteiger partial charge in [-0.3, -0.25) is 9.59 Å². The number of rotatable bonds is 6. The number of aryl methyl sites for hydroxylation is 2. The standard InChI is InChI=1S/C23H28N2O4S/c1-16-8-9-19(14-17(16)2)22(26)20-6-4-5-7-21(20)23(27)24-15-18-10-12-25(13-11-18)30(3,28)29/h4-9,14,18H,10-13,15H2,1-3H3,(H,24,27). The minimum atomic E-state index is -3.16. The first kappa shape index (κ1) is 22.2. The number of nitrogens with zero attached hydrogens (tertiary/aromatic N) is 1. The van der Waals surface area contributed by atoms with Gasteiger partial charge in [-0.2, -0.15) is 0 Å². The zero-order chi connectivity index (χ0) is 21.9. The van der Waals surface area contributed by atoms with Crippen molar-refractivity contribution in [3.8, 4) is 0 Å². The van der Waals surface area contributed by atoms with E-state index in [0.717, 1.165) is 11.1 Å². The molecule has 0 spiro atoms. The molecule has 6 nitrogen and oxygen atoms in total. The van der Waals surface area contributed by atoms with Crippen LogP contribution in [0.25, 0.3) is 0 Å². The van der Waals surface area contributed by atoms with Crippen molar-refractivity contribution in [3.05, 3.63) is 70.3 Å². The van der Waals surface area contributed by atoms with Crippen molar-refractivity contribution in [1.82, 2.24) is 9.62 Å². The van der Waals surface area contributed by atoms with E-state index in [9.17, 15) is 18.0 Å². The maximum absolute atomic E-state index is 13.0. The summed E-state index contributed by atoms with van der Waals surface area (Å²) >= 11 is 0. The highest BCUT2D eigenvalue weighted by Gasteiger charge is 2.25. The molecule has 1 saturated heterocycles. The number of carbonyl (C=O) groups excluding carboxylic acids is 2. The highest BCUT2D eigenvalue weighted by molar-refractivity contribution is 7.88.